The summed E-state index contributed by atoms with van der Waals surface area (Å²) in [7, 11) is 0. The van der Waals surface area contributed by atoms with Gasteiger partial charge in [-0.2, -0.15) is 13.2 Å². The smallest absolute Gasteiger partial charge is 0.312 e. The van der Waals surface area contributed by atoms with Gasteiger partial charge in [0.15, 0.2) is 0 Å². The lowest BCUT2D eigenvalue weighted by atomic mass is 10.2. The van der Waals surface area contributed by atoms with Crippen LogP contribution in [0.5, 0.6) is 0 Å². The molecule has 1 atom stereocenters. The Kier molecular flexibility index (Phi) is 3.93. The molecule has 1 aromatic carbocycles. The van der Waals surface area contributed by atoms with Gasteiger partial charge in [0.1, 0.15) is 6.54 Å². The molecule has 7 heteroatoms. The van der Waals surface area contributed by atoms with E-state index < -0.39 is 23.7 Å². The number of imide groups is 1. The summed E-state index contributed by atoms with van der Waals surface area (Å²) < 4.78 is 38.1. The van der Waals surface area contributed by atoms with Gasteiger partial charge in [-0.1, -0.05) is 13.0 Å². The predicted molar refractivity (Wildman–Crippen MR) is 70.8 cm³/mol. The molecule has 1 heterocycles. The highest BCUT2D eigenvalue weighted by Gasteiger charge is 2.40. The standard InChI is InChI=1S/C14H15F3N2O2/c1-3-9(2)18-8-12(20)19(13(18)21)11-6-4-5-10(7-11)14(15,16)17/h4-7,9H,3,8H2,1-2H3. The Hall–Kier alpha value is -2.05. The minimum atomic E-state index is -4.52. The summed E-state index contributed by atoms with van der Waals surface area (Å²) in [6.45, 7) is 3.56. The van der Waals surface area contributed by atoms with Crippen LogP contribution in [-0.2, 0) is 11.0 Å². The van der Waals surface area contributed by atoms with E-state index in [9.17, 15) is 22.8 Å². The van der Waals surface area contributed by atoms with Crippen LogP contribution in [0.15, 0.2) is 24.3 Å². The van der Waals surface area contributed by atoms with Gasteiger partial charge in [-0.05, 0) is 31.5 Å². The first-order valence-electron chi connectivity index (χ1n) is 6.56. The zero-order valence-corrected chi connectivity index (χ0v) is 11.6. The van der Waals surface area contributed by atoms with Crippen molar-refractivity contribution in [3.05, 3.63) is 29.8 Å². The normalized spacial score (nSPS) is 17.6. The first kappa shape index (κ1) is 15.3. The van der Waals surface area contributed by atoms with Gasteiger partial charge in [-0.15, -0.1) is 0 Å². The van der Waals surface area contributed by atoms with E-state index in [0.717, 1.165) is 17.0 Å². The molecule has 1 aliphatic rings. The van der Waals surface area contributed by atoms with Gasteiger partial charge in [0.2, 0.25) is 0 Å². The molecule has 21 heavy (non-hydrogen) atoms. The Morgan fingerprint density at radius 2 is 1.95 bits per heavy atom. The summed E-state index contributed by atoms with van der Waals surface area (Å²) in [6.07, 6.45) is -3.85. The number of hydrogen-bond donors (Lipinski definition) is 0. The molecule has 0 saturated carbocycles. The van der Waals surface area contributed by atoms with Crippen LogP contribution in [0.2, 0.25) is 0 Å². The Balaban J connectivity index is 2.34. The molecule has 3 amide bonds. The predicted octanol–water partition coefficient (Wildman–Crippen LogP) is 3.27. The highest BCUT2D eigenvalue weighted by atomic mass is 19.4. The number of nitrogens with zero attached hydrogens (tertiary/aromatic N) is 2. The van der Waals surface area contributed by atoms with Crippen molar-refractivity contribution < 1.29 is 22.8 Å². The van der Waals surface area contributed by atoms with Crippen molar-refractivity contribution in [3.8, 4) is 0 Å². The molecule has 114 valence electrons. The topological polar surface area (TPSA) is 40.6 Å². The molecule has 4 nitrogen and oxygen atoms in total. The maximum absolute atomic E-state index is 12.7. The summed E-state index contributed by atoms with van der Waals surface area (Å²) in [6, 6.07) is 3.51. The van der Waals surface area contributed by atoms with Gasteiger partial charge in [0.05, 0.1) is 11.3 Å². The number of urea groups is 1. The van der Waals surface area contributed by atoms with Crippen LogP contribution < -0.4 is 4.90 Å². The Labute approximate surface area is 120 Å². The first-order chi connectivity index (χ1) is 9.75. The third-order valence-corrected chi connectivity index (χ3v) is 3.55. The maximum Gasteiger partial charge on any atom is 0.416 e. The summed E-state index contributed by atoms with van der Waals surface area (Å²) in [5.74, 6) is -0.514. The molecule has 0 spiro atoms. The highest BCUT2D eigenvalue weighted by Crippen LogP contribution is 2.33. The molecular weight excluding hydrogens is 285 g/mol. The zero-order chi connectivity index (χ0) is 15.8. The van der Waals surface area contributed by atoms with E-state index in [1.807, 2.05) is 6.92 Å². The second kappa shape index (κ2) is 5.38. The Morgan fingerprint density at radius 1 is 1.29 bits per heavy atom. The molecule has 1 aliphatic heterocycles. The molecule has 1 aromatic rings. The molecule has 2 rings (SSSR count). The number of amides is 3. The minimum Gasteiger partial charge on any atom is -0.312 e. The van der Waals surface area contributed by atoms with Gasteiger partial charge >= 0.3 is 12.2 Å². The number of carbonyl (C=O) groups excluding carboxylic acids is 2. The van der Waals surface area contributed by atoms with Crippen LogP contribution in [0.1, 0.15) is 25.8 Å². The van der Waals surface area contributed by atoms with E-state index >= 15 is 0 Å². The SMILES string of the molecule is CCC(C)N1CC(=O)N(c2cccc(C(F)(F)F)c2)C1=O. The quantitative estimate of drug-likeness (QED) is 0.804. The maximum atomic E-state index is 12.7. The van der Waals surface area contributed by atoms with E-state index in [4.69, 9.17) is 0 Å². The Bertz CT molecular complexity index is 572. The number of hydrogen-bond acceptors (Lipinski definition) is 2. The van der Waals surface area contributed by atoms with Gasteiger partial charge in [-0.3, -0.25) is 4.79 Å². The highest BCUT2D eigenvalue weighted by molar-refractivity contribution is 6.19. The molecule has 1 fully saturated rings. The summed E-state index contributed by atoms with van der Waals surface area (Å²) >= 11 is 0. The summed E-state index contributed by atoms with van der Waals surface area (Å²) in [5.41, 5.74) is -0.937. The van der Waals surface area contributed by atoms with Crippen molar-refractivity contribution in [2.24, 2.45) is 0 Å². The van der Waals surface area contributed by atoms with Gasteiger partial charge in [0.25, 0.3) is 5.91 Å². The van der Waals surface area contributed by atoms with Crippen molar-refractivity contribution in [2.45, 2.75) is 32.5 Å². The number of alkyl halides is 3. The molecule has 0 bridgehead atoms. The molecule has 0 aliphatic carbocycles. The third kappa shape index (κ3) is 2.86. The fourth-order valence-corrected chi connectivity index (χ4v) is 2.16. The average molecular weight is 300 g/mol. The molecule has 0 aromatic heterocycles. The molecular formula is C14H15F3N2O2. The largest absolute Gasteiger partial charge is 0.416 e. The molecule has 0 N–H and O–H groups in total. The van der Waals surface area contributed by atoms with E-state index in [1.165, 1.54) is 17.0 Å². The van der Waals surface area contributed by atoms with Crippen molar-refractivity contribution in [1.29, 1.82) is 0 Å². The minimum absolute atomic E-state index is 0.0503. The van der Waals surface area contributed by atoms with E-state index in [0.29, 0.717) is 6.42 Å². The Morgan fingerprint density at radius 3 is 2.52 bits per heavy atom. The van der Waals surface area contributed by atoms with E-state index in [-0.39, 0.29) is 18.3 Å². The van der Waals surface area contributed by atoms with Crippen molar-refractivity contribution in [3.63, 3.8) is 0 Å². The monoisotopic (exact) mass is 300 g/mol. The number of anilines is 1. The van der Waals surface area contributed by atoms with Crippen molar-refractivity contribution >= 4 is 17.6 Å². The van der Waals surface area contributed by atoms with Crippen LogP contribution in [0, 0.1) is 0 Å². The third-order valence-electron chi connectivity index (χ3n) is 3.55. The lowest BCUT2D eigenvalue weighted by Crippen LogP contribution is -2.37. The molecule has 0 radical (unpaired) electrons. The average Bonchev–Trinajstić information content (AvgIpc) is 2.72. The van der Waals surface area contributed by atoms with Gasteiger partial charge in [-0.25, -0.2) is 9.69 Å². The number of halogens is 3. The van der Waals surface area contributed by atoms with Crippen LogP contribution in [0.4, 0.5) is 23.7 Å². The number of benzene rings is 1. The van der Waals surface area contributed by atoms with Crippen molar-refractivity contribution in [1.82, 2.24) is 4.90 Å². The summed E-state index contributed by atoms with van der Waals surface area (Å²) in [5, 5.41) is 0. The van der Waals surface area contributed by atoms with Crippen LogP contribution in [-0.4, -0.2) is 29.4 Å². The lowest BCUT2D eigenvalue weighted by molar-refractivity contribution is -0.137. The number of rotatable bonds is 3. The van der Waals surface area contributed by atoms with E-state index in [2.05, 4.69) is 0 Å². The van der Waals surface area contributed by atoms with E-state index in [1.54, 1.807) is 6.92 Å². The lowest BCUT2D eigenvalue weighted by Gasteiger charge is -2.22. The summed E-state index contributed by atoms with van der Waals surface area (Å²) in [4.78, 5) is 26.4. The molecule has 1 saturated heterocycles. The number of carbonyl (C=O) groups is 2. The fourth-order valence-electron chi connectivity index (χ4n) is 2.16. The zero-order valence-electron chi connectivity index (χ0n) is 11.6. The van der Waals surface area contributed by atoms with Crippen LogP contribution in [0.25, 0.3) is 0 Å². The fraction of sp³-hybridized carbons (Fsp3) is 0.429. The van der Waals surface area contributed by atoms with Crippen molar-refractivity contribution in [2.75, 3.05) is 11.4 Å². The second-order valence-corrected chi connectivity index (χ2v) is 4.94. The van der Waals surface area contributed by atoms with Crippen LogP contribution >= 0.6 is 0 Å². The molecule has 1 unspecified atom stereocenters. The van der Waals surface area contributed by atoms with Crippen LogP contribution in [0.3, 0.4) is 0 Å². The van der Waals surface area contributed by atoms with Gasteiger partial charge in [0, 0.05) is 6.04 Å². The second-order valence-electron chi connectivity index (χ2n) is 4.94. The van der Waals surface area contributed by atoms with Gasteiger partial charge < -0.3 is 4.90 Å². The first-order valence-corrected chi connectivity index (χ1v) is 6.56.